The lowest BCUT2D eigenvalue weighted by molar-refractivity contribution is 0.287. The molecule has 0 aliphatic heterocycles. The molecule has 0 saturated heterocycles. The molecular formula is C19H29N5O3. The molecular weight excluding hydrogens is 346 g/mol. The van der Waals surface area contributed by atoms with E-state index in [9.17, 15) is 0 Å². The van der Waals surface area contributed by atoms with Crippen molar-refractivity contribution in [2.24, 2.45) is 4.99 Å². The molecule has 2 aromatic rings. The number of aryl methyl sites for hydroxylation is 1. The van der Waals surface area contributed by atoms with E-state index < -0.39 is 0 Å². The molecule has 0 bridgehead atoms. The van der Waals surface area contributed by atoms with Crippen molar-refractivity contribution < 1.29 is 14.0 Å². The molecule has 0 fully saturated rings. The Kier molecular flexibility index (Phi) is 8.41. The summed E-state index contributed by atoms with van der Waals surface area (Å²) in [5.74, 6) is 3.39. The molecule has 2 N–H and O–H groups in total. The van der Waals surface area contributed by atoms with Gasteiger partial charge in [0.2, 0.25) is 5.89 Å². The van der Waals surface area contributed by atoms with E-state index in [-0.39, 0.29) is 0 Å². The number of guanidine groups is 1. The first kappa shape index (κ1) is 20.5. The van der Waals surface area contributed by atoms with Crippen molar-refractivity contribution >= 4 is 5.96 Å². The first-order valence-corrected chi connectivity index (χ1v) is 9.36. The van der Waals surface area contributed by atoms with Crippen LogP contribution < -0.4 is 20.1 Å². The predicted octanol–water partition coefficient (Wildman–Crippen LogP) is 2.47. The van der Waals surface area contributed by atoms with Gasteiger partial charge in [-0.25, -0.2) is 4.99 Å². The van der Waals surface area contributed by atoms with Crippen molar-refractivity contribution in [1.82, 2.24) is 20.8 Å². The van der Waals surface area contributed by atoms with Crippen molar-refractivity contribution in [3.63, 3.8) is 0 Å². The van der Waals surface area contributed by atoms with Gasteiger partial charge >= 0.3 is 0 Å². The van der Waals surface area contributed by atoms with E-state index in [1.807, 2.05) is 32.9 Å². The van der Waals surface area contributed by atoms with E-state index >= 15 is 0 Å². The maximum absolute atomic E-state index is 5.68. The van der Waals surface area contributed by atoms with Crippen molar-refractivity contribution in [2.45, 2.75) is 40.7 Å². The van der Waals surface area contributed by atoms with Crippen LogP contribution in [0, 0.1) is 6.92 Å². The molecule has 1 heterocycles. The summed E-state index contributed by atoms with van der Waals surface area (Å²) in [5, 5.41) is 10.4. The third-order valence-electron chi connectivity index (χ3n) is 3.61. The second-order valence-corrected chi connectivity index (χ2v) is 5.75. The van der Waals surface area contributed by atoms with Gasteiger partial charge in [-0.1, -0.05) is 11.2 Å². The Hall–Kier alpha value is -2.77. The number of rotatable bonds is 10. The summed E-state index contributed by atoms with van der Waals surface area (Å²) in [4.78, 5) is 8.63. The Balaban J connectivity index is 1.92. The molecule has 27 heavy (non-hydrogen) atoms. The molecule has 0 spiro atoms. The molecule has 2 rings (SSSR count). The second kappa shape index (κ2) is 11.1. The molecule has 0 atom stereocenters. The van der Waals surface area contributed by atoms with Crippen LogP contribution in [0.15, 0.2) is 27.7 Å². The molecule has 0 radical (unpaired) electrons. The van der Waals surface area contributed by atoms with Gasteiger partial charge in [-0.3, -0.25) is 0 Å². The first-order valence-electron chi connectivity index (χ1n) is 9.36. The van der Waals surface area contributed by atoms with Crippen LogP contribution in [0.5, 0.6) is 11.5 Å². The topological polar surface area (TPSA) is 93.8 Å². The van der Waals surface area contributed by atoms with Crippen LogP contribution in [0.2, 0.25) is 0 Å². The Morgan fingerprint density at radius 2 is 1.89 bits per heavy atom. The van der Waals surface area contributed by atoms with Crippen LogP contribution in [0.25, 0.3) is 0 Å². The zero-order chi connectivity index (χ0) is 19.5. The molecule has 0 unspecified atom stereocenters. The van der Waals surface area contributed by atoms with Crippen LogP contribution in [0.3, 0.4) is 0 Å². The summed E-state index contributed by atoms with van der Waals surface area (Å²) >= 11 is 0. The molecule has 8 heteroatoms. The molecule has 8 nitrogen and oxygen atoms in total. The molecule has 0 aliphatic carbocycles. The van der Waals surface area contributed by atoms with Crippen molar-refractivity contribution in [3.8, 4) is 11.5 Å². The average molecular weight is 375 g/mol. The molecule has 1 aromatic carbocycles. The monoisotopic (exact) mass is 375 g/mol. The number of nitrogens with zero attached hydrogens (tertiary/aromatic N) is 3. The number of nitrogens with one attached hydrogen (secondary N) is 2. The van der Waals surface area contributed by atoms with Gasteiger partial charge in [-0.15, -0.1) is 0 Å². The number of aromatic nitrogens is 2. The van der Waals surface area contributed by atoms with Gasteiger partial charge in [0, 0.05) is 20.0 Å². The summed E-state index contributed by atoms with van der Waals surface area (Å²) in [6, 6.07) is 6.05. The molecule has 0 amide bonds. The minimum atomic E-state index is 0.365. The number of hydrogen-bond donors (Lipinski definition) is 2. The Morgan fingerprint density at radius 3 is 2.56 bits per heavy atom. The highest BCUT2D eigenvalue weighted by molar-refractivity contribution is 5.79. The fourth-order valence-corrected chi connectivity index (χ4v) is 2.47. The Labute approximate surface area is 160 Å². The van der Waals surface area contributed by atoms with E-state index in [0.717, 1.165) is 37.0 Å². The van der Waals surface area contributed by atoms with Gasteiger partial charge < -0.3 is 24.6 Å². The zero-order valence-corrected chi connectivity index (χ0v) is 16.5. The standard InChI is InChI=1S/C19H29N5O3/c1-5-20-19(22-13-18-23-14(4)27-24-18)21-11-10-15-8-9-16(25-6-2)17(12-15)26-7-3/h8-9,12H,5-7,10-11,13H2,1-4H3,(H2,20,21,22). The largest absolute Gasteiger partial charge is 0.490 e. The number of aliphatic imine (C=N–C) groups is 1. The van der Waals surface area contributed by atoms with E-state index in [1.54, 1.807) is 6.92 Å². The third-order valence-corrected chi connectivity index (χ3v) is 3.61. The summed E-state index contributed by atoms with van der Waals surface area (Å²) in [7, 11) is 0. The Bertz CT molecular complexity index is 730. The highest BCUT2D eigenvalue weighted by Gasteiger charge is 2.07. The van der Waals surface area contributed by atoms with Gasteiger partial charge in [0.25, 0.3) is 0 Å². The maximum Gasteiger partial charge on any atom is 0.223 e. The van der Waals surface area contributed by atoms with E-state index in [0.29, 0.717) is 31.5 Å². The van der Waals surface area contributed by atoms with Crippen molar-refractivity contribution in [2.75, 3.05) is 26.3 Å². The minimum absolute atomic E-state index is 0.365. The zero-order valence-electron chi connectivity index (χ0n) is 16.5. The fourth-order valence-electron chi connectivity index (χ4n) is 2.47. The normalized spacial score (nSPS) is 11.3. The highest BCUT2D eigenvalue weighted by atomic mass is 16.5. The summed E-state index contributed by atoms with van der Waals surface area (Å²) in [6.07, 6.45) is 0.832. The van der Waals surface area contributed by atoms with E-state index in [4.69, 9.17) is 14.0 Å². The highest BCUT2D eigenvalue weighted by Crippen LogP contribution is 2.28. The van der Waals surface area contributed by atoms with Gasteiger partial charge in [0.05, 0.1) is 13.2 Å². The van der Waals surface area contributed by atoms with Crippen LogP contribution >= 0.6 is 0 Å². The summed E-state index contributed by atoms with van der Waals surface area (Å²) in [6.45, 7) is 10.8. The van der Waals surface area contributed by atoms with Crippen LogP contribution in [0.1, 0.15) is 38.0 Å². The SMILES string of the molecule is CCNC(=NCc1noc(C)n1)NCCc1ccc(OCC)c(OCC)c1. The fraction of sp³-hybridized carbons (Fsp3) is 0.526. The lowest BCUT2D eigenvalue weighted by atomic mass is 10.1. The minimum Gasteiger partial charge on any atom is -0.490 e. The molecule has 0 aliphatic rings. The van der Waals surface area contributed by atoms with Gasteiger partial charge in [0.1, 0.15) is 6.54 Å². The van der Waals surface area contributed by atoms with Crippen molar-refractivity contribution in [3.05, 3.63) is 35.5 Å². The first-order chi connectivity index (χ1) is 13.2. The molecule has 0 saturated carbocycles. The summed E-state index contributed by atoms with van der Waals surface area (Å²) < 4.78 is 16.2. The Morgan fingerprint density at radius 1 is 1.11 bits per heavy atom. The number of ether oxygens (including phenoxy) is 2. The lowest BCUT2D eigenvalue weighted by Crippen LogP contribution is -2.38. The van der Waals surface area contributed by atoms with Crippen LogP contribution in [-0.4, -0.2) is 42.4 Å². The third kappa shape index (κ3) is 6.80. The number of benzene rings is 1. The second-order valence-electron chi connectivity index (χ2n) is 5.75. The van der Waals surface area contributed by atoms with E-state index in [2.05, 4.69) is 31.8 Å². The van der Waals surface area contributed by atoms with Crippen LogP contribution in [0.4, 0.5) is 0 Å². The van der Waals surface area contributed by atoms with Crippen molar-refractivity contribution in [1.29, 1.82) is 0 Å². The molecule has 148 valence electrons. The predicted molar refractivity (Wildman–Crippen MR) is 104 cm³/mol. The van der Waals surface area contributed by atoms with Gasteiger partial charge in [-0.05, 0) is 44.9 Å². The van der Waals surface area contributed by atoms with Crippen LogP contribution in [-0.2, 0) is 13.0 Å². The van der Waals surface area contributed by atoms with Gasteiger partial charge in [-0.2, -0.15) is 4.98 Å². The quantitative estimate of drug-likeness (QED) is 0.487. The average Bonchev–Trinajstić information content (AvgIpc) is 3.07. The molecule has 1 aromatic heterocycles. The maximum atomic E-state index is 5.68. The number of hydrogen-bond acceptors (Lipinski definition) is 6. The van der Waals surface area contributed by atoms with E-state index in [1.165, 1.54) is 5.56 Å². The summed E-state index contributed by atoms with van der Waals surface area (Å²) in [5.41, 5.74) is 1.17. The lowest BCUT2D eigenvalue weighted by Gasteiger charge is -2.14. The van der Waals surface area contributed by atoms with Gasteiger partial charge in [0.15, 0.2) is 23.3 Å². The smallest absolute Gasteiger partial charge is 0.223 e.